The van der Waals surface area contributed by atoms with Crippen LogP contribution in [0.4, 0.5) is 8.78 Å². The predicted octanol–water partition coefficient (Wildman–Crippen LogP) is 2.47. The molecule has 2 N–H and O–H groups in total. The highest BCUT2D eigenvalue weighted by atomic mass is 19.1. The monoisotopic (exact) mass is 248 g/mol. The molecule has 4 heteroatoms. The molecule has 0 aliphatic rings. The van der Waals surface area contributed by atoms with Gasteiger partial charge < -0.3 is 5.73 Å². The highest BCUT2D eigenvalue weighted by Crippen LogP contribution is 2.11. The molecule has 0 bridgehead atoms. The normalized spacial score (nSPS) is 12.4. The van der Waals surface area contributed by atoms with Crippen molar-refractivity contribution in [2.75, 3.05) is 0 Å². The van der Waals surface area contributed by atoms with Gasteiger partial charge in [0.2, 0.25) is 0 Å². The fraction of sp³-hybridized carbons (Fsp3) is 0.214. The van der Waals surface area contributed by atoms with Crippen molar-refractivity contribution in [3.8, 4) is 0 Å². The zero-order valence-corrected chi connectivity index (χ0v) is 9.81. The molecule has 18 heavy (non-hydrogen) atoms. The van der Waals surface area contributed by atoms with Gasteiger partial charge in [0.05, 0.1) is 0 Å². The van der Waals surface area contributed by atoms with Crippen molar-refractivity contribution in [3.05, 3.63) is 65.5 Å². The molecule has 1 heterocycles. The van der Waals surface area contributed by atoms with Crippen molar-refractivity contribution in [3.63, 3.8) is 0 Å². The third-order valence-corrected chi connectivity index (χ3v) is 2.67. The maximum absolute atomic E-state index is 13.0. The standard InChI is InChI=1S/C14H14F2N2/c15-12-5-11(6-13(16)9-12)8-14(17)7-10-1-3-18-4-2-10/h1-6,9,14H,7-8,17H2. The summed E-state index contributed by atoms with van der Waals surface area (Å²) in [5.41, 5.74) is 7.61. The highest BCUT2D eigenvalue weighted by Gasteiger charge is 2.07. The van der Waals surface area contributed by atoms with Gasteiger partial charge in [-0.1, -0.05) is 0 Å². The first-order chi connectivity index (χ1) is 8.63. The van der Waals surface area contributed by atoms with Crippen LogP contribution in [0.5, 0.6) is 0 Å². The Bertz CT molecular complexity index is 494. The fourth-order valence-corrected chi connectivity index (χ4v) is 1.93. The molecule has 0 aliphatic carbocycles. The molecular formula is C14H14F2N2. The second-order valence-corrected chi connectivity index (χ2v) is 4.30. The van der Waals surface area contributed by atoms with Gasteiger partial charge in [0, 0.05) is 24.5 Å². The van der Waals surface area contributed by atoms with Crippen molar-refractivity contribution in [2.24, 2.45) is 5.73 Å². The summed E-state index contributed by atoms with van der Waals surface area (Å²) in [5, 5.41) is 0. The maximum Gasteiger partial charge on any atom is 0.126 e. The molecule has 1 unspecified atom stereocenters. The van der Waals surface area contributed by atoms with Crippen LogP contribution >= 0.6 is 0 Å². The Hall–Kier alpha value is -1.81. The lowest BCUT2D eigenvalue weighted by Crippen LogP contribution is -2.25. The summed E-state index contributed by atoms with van der Waals surface area (Å²) >= 11 is 0. The van der Waals surface area contributed by atoms with Gasteiger partial charge in [-0.3, -0.25) is 4.98 Å². The van der Waals surface area contributed by atoms with Crippen LogP contribution < -0.4 is 5.73 Å². The van der Waals surface area contributed by atoms with Crippen LogP contribution in [0.3, 0.4) is 0 Å². The zero-order valence-electron chi connectivity index (χ0n) is 9.81. The molecule has 0 radical (unpaired) electrons. The van der Waals surface area contributed by atoms with Crippen LogP contribution in [0.25, 0.3) is 0 Å². The van der Waals surface area contributed by atoms with Gasteiger partial charge in [-0.05, 0) is 48.2 Å². The highest BCUT2D eigenvalue weighted by molar-refractivity contribution is 5.20. The van der Waals surface area contributed by atoms with E-state index in [1.165, 1.54) is 12.1 Å². The van der Waals surface area contributed by atoms with E-state index in [0.717, 1.165) is 11.6 Å². The molecule has 1 atom stereocenters. The smallest absolute Gasteiger partial charge is 0.126 e. The molecule has 1 aromatic heterocycles. The summed E-state index contributed by atoms with van der Waals surface area (Å²) in [4.78, 5) is 3.92. The Morgan fingerprint density at radius 3 is 2.11 bits per heavy atom. The summed E-state index contributed by atoms with van der Waals surface area (Å²) in [5.74, 6) is -1.14. The summed E-state index contributed by atoms with van der Waals surface area (Å²) in [6.07, 6.45) is 4.49. The quantitative estimate of drug-likeness (QED) is 0.902. The Balaban J connectivity index is 2.01. The number of aromatic nitrogens is 1. The van der Waals surface area contributed by atoms with E-state index in [0.29, 0.717) is 18.4 Å². The van der Waals surface area contributed by atoms with Crippen LogP contribution in [0.1, 0.15) is 11.1 Å². The van der Waals surface area contributed by atoms with Gasteiger partial charge in [-0.15, -0.1) is 0 Å². The number of hydrogen-bond acceptors (Lipinski definition) is 2. The molecule has 0 fully saturated rings. The molecule has 0 saturated carbocycles. The lowest BCUT2D eigenvalue weighted by molar-refractivity contribution is 0.574. The lowest BCUT2D eigenvalue weighted by atomic mass is 10.0. The molecule has 0 amide bonds. The molecule has 2 rings (SSSR count). The first-order valence-electron chi connectivity index (χ1n) is 5.73. The molecule has 2 aromatic rings. The van der Waals surface area contributed by atoms with Gasteiger partial charge >= 0.3 is 0 Å². The van der Waals surface area contributed by atoms with Gasteiger partial charge in [0.1, 0.15) is 11.6 Å². The molecule has 94 valence electrons. The van der Waals surface area contributed by atoms with Gasteiger partial charge in [0.25, 0.3) is 0 Å². The minimum atomic E-state index is -0.568. The molecule has 2 nitrogen and oxygen atoms in total. The van der Waals surface area contributed by atoms with E-state index in [-0.39, 0.29) is 6.04 Å². The van der Waals surface area contributed by atoms with Gasteiger partial charge in [-0.25, -0.2) is 8.78 Å². The van der Waals surface area contributed by atoms with E-state index in [2.05, 4.69) is 4.98 Å². The van der Waals surface area contributed by atoms with E-state index < -0.39 is 11.6 Å². The van der Waals surface area contributed by atoms with Crippen LogP contribution in [0.2, 0.25) is 0 Å². The minimum absolute atomic E-state index is 0.173. The van der Waals surface area contributed by atoms with Crippen LogP contribution in [-0.2, 0) is 12.8 Å². The molecular weight excluding hydrogens is 234 g/mol. The maximum atomic E-state index is 13.0. The van der Waals surface area contributed by atoms with Crippen molar-refractivity contribution >= 4 is 0 Å². The third kappa shape index (κ3) is 3.60. The van der Waals surface area contributed by atoms with E-state index >= 15 is 0 Å². The number of nitrogens with zero attached hydrogens (tertiary/aromatic N) is 1. The van der Waals surface area contributed by atoms with Crippen molar-refractivity contribution in [1.82, 2.24) is 4.98 Å². The van der Waals surface area contributed by atoms with E-state index in [4.69, 9.17) is 5.73 Å². The molecule has 1 aromatic carbocycles. The Labute approximate surface area is 104 Å². The van der Waals surface area contributed by atoms with Crippen LogP contribution in [-0.4, -0.2) is 11.0 Å². The largest absolute Gasteiger partial charge is 0.327 e. The van der Waals surface area contributed by atoms with E-state index in [9.17, 15) is 8.78 Å². The van der Waals surface area contributed by atoms with Gasteiger partial charge in [0.15, 0.2) is 0 Å². The zero-order chi connectivity index (χ0) is 13.0. The Kier molecular flexibility index (Phi) is 3.99. The second kappa shape index (κ2) is 5.69. The first-order valence-corrected chi connectivity index (χ1v) is 5.73. The molecule has 0 spiro atoms. The van der Waals surface area contributed by atoms with Gasteiger partial charge in [-0.2, -0.15) is 0 Å². The SMILES string of the molecule is NC(Cc1ccncc1)Cc1cc(F)cc(F)c1. The predicted molar refractivity (Wildman–Crippen MR) is 66.0 cm³/mol. The number of rotatable bonds is 4. The summed E-state index contributed by atoms with van der Waals surface area (Å²) in [6.45, 7) is 0. The number of nitrogens with two attached hydrogens (primary N) is 1. The first kappa shape index (κ1) is 12.6. The number of halogens is 2. The fourth-order valence-electron chi connectivity index (χ4n) is 1.93. The topological polar surface area (TPSA) is 38.9 Å². The molecule has 0 saturated heterocycles. The lowest BCUT2D eigenvalue weighted by Gasteiger charge is -2.11. The average molecular weight is 248 g/mol. The van der Waals surface area contributed by atoms with E-state index in [1.807, 2.05) is 12.1 Å². The molecule has 0 aliphatic heterocycles. The third-order valence-electron chi connectivity index (χ3n) is 2.67. The number of pyridine rings is 1. The number of benzene rings is 1. The average Bonchev–Trinajstić information content (AvgIpc) is 2.28. The Morgan fingerprint density at radius 2 is 1.50 bits per heavy atom. The van der Waals surface area contributed by atoms with Crippen molar-refractivity contribution in [2.45, 2.75) is 18.9 Å². The second-order valence-electron chi connectivity index (χ2n) is 4.30. The summed E-state index contributed by atoms with van der Waals surface area (Å²) < 4.78 is 26.0. The van der Waals surface area contributed by atoms with Crippen molar-refractivity contribution in [1.29, 1.82) is 0 Å². The Morgan fingerprint density at radius 1 is 0.944 bits per heavy atom. The van der Waals surface area contributed by atoms with E-state index in [1.54, 1.807) is 12.4 Å². The van der Waals surface area contributed by atoms with Crippen molar-refractivity contribution < 1.29 is 8.78 Å². The van der Waals surface area contributed by atoms with Crippen LogP contribution in [0.15, 0.2) is 42.7 Å². The summed E-state index contributed by atoms with van der Waals surface area (Å²) in [7, 11) is 0. The number of hydrogen-bond donors (Lipinski definition) is 1. The van der Waals surface area contributed by atoms with Crippen LogP contribution in [0, 0.1) is 11.6 Å². The minimum Gasteiger partial charge on any atom is -0.327 e. The summed E-state index contributed by atoms with van der Waals surface area (Å²) in [6, 6.07) is 7.08.